The van der Waals surface area contributed by atoms with Crippen molar-refractivity contribution < 1.29 is 12.8 Å². The Hall–Kier alpha value is -0.700. The molecule has 2 N–H and O–H groups in total. The number of sulfonamides is 1. The Morgan fingerprint density at radius 2 is 2.07 bits per heavy atom. The normalized spacial score (nSPS) is 17.7. The molecule has 0 amide bonds. The van der Waals surface area contributed by atoms with Crippen molar-refractivity contribution in [3.05, 3.63) is 27.1 Å². The summed E-state index contributed by atoms with van der Waals surface area (Å²) in [6, 6.07) is 2.49. The fourth-order valence-electron chi connectivity index (χ4n) is 1.21. The van der Waals surface area contributed by atoms with E-state index in [9.17, 15) is 12.8 Å². The molecule has 1 aromatic carbocycles. The molecule has 1 aliphatic heterocycles. The van der Waals surface area contributed by atoms with Gasteiger partial charge in [-0.05, 0) is 34.7 Å². The van der Waals surface area contributed by atoms with E-state index in [0.29, 0.717) is 0 Å². The lowest BCUT2D eigenvalue weighted by molar-refractivity contribution is 0.590. The maximum absolute atomic E-state index is 13.1. The number of hydrogen-bond donors (Lipinski definition) is 1. The summed E-state index contributed by atoms with van der Waals surface area (Å²) in [4.78, 5) is -0.129. The number of nitrogens with two attached hydrogens (primary N) is 1. The Balaban J connectivity index is 2.91. The molecular formula is C7H4FIN2O2S. The van der Waals surface area contributed by atoms with Gasteiger partial charge in [0.2, 0.25) is 0 Å². The zero-order valence-corrected chi connectivity index (χ0v) is 9.63. The van der Waals surface area contributed by atoms with Crippen molar-refractivity contribution in [3.8, 4) is 0 Å². The minimum absolute atomic E-state index is 0.0318. The number of rotatable bonds is 0. The van der Waals surface area contributed by atoms with Crippen molar-refractivity contribution in [2.75, 3.05) is 0 Å². The van der Waals surface area contributed by atoms with Crippen molar-refractivity contribution in [3.63, 3.8) is 0 Å². The van der Waals surface area contributed by atoms with E-state index in [1.54, 1.807) is 22.6 Å². The molecule has 2 rings (SSSR count). The van der Waals surface area contributed by atoms with Gasteiger partial charge < -0.3 is 5.73 Å². The van der Waals surface area contributed by atoms with Gasteiger partial charge in [0.15, 0.2) is 0 Å². The highest BCUT2D eigenvalue weighted by Crippen LogP contribution is 2.30. The van der Waals surface area contributed by atoms with E-state index in [4.69, 9.17) is 5.73 Å². The number of nitrogens with zero attached hydrogens (tertiary/aromatic N) is 1. The first-order chi connectivity index (χ1) is 6.43. The molecule has 1 aliphatic rings. The zero-order chi connectivity index (χ0) is 10.5. The van der Waals surface area contributed by atoms with Gasteiger partial charge in [-0.15, -0.1) is 4.40 Å². The SMILES string of the molecule is NC1=NS(=O)(=O)c2c1ccc(F)c2I. The molecule has 0 aromatic heterocycles. The summed E-state index contributed by atoms with van der Waals surface area (Å²) >= 11 is 1.62. The van der Waals surface area contributed by atoms with E-state index in [1.807, 2.05) is 0 Å². The highest BCUT2D eigenvalue weighted by molar-refractivity contribution is 14.1. The van der Waals surface area contributed by atoms with E-state index in [-0.39, 0.29) is 19.9 Å². The van der Waals surface area contributed by atoms with Crippen LogP contribution in [0.5, 0.6) is 0 Å². The predicted molar refractivity (Wildman–Crippen MR) is 57.0 cm³/mol. The van der Waals surface area contributed by atoms with Crippen LogP contribution in [0.2, 0.25) is 0 Å². The van der Waals surface area contributed by atoms with Gasteiger partial charge in [-0.1, -0.05) is 0 Å². The van der Waals surface area contributed by atoms with E-state index in [2.05, 4.69) is 4.40 Å². The van der Waals surface area contributed by atoms with Gasteiger partial charge in [0, 0.05) is 5.56 Å². The summed E-state index contributed by atoms with van der Waals surface area (Å²) in [6.45, 7) is 0. The van der Waals surface area contributed by atoms with Gasteiger partial charge in [-0.25, -0.2) is 4.39 Å². The minimum Gasteiger partial charge on any atom is -0.382 e. The fraction of sp³-hybridized carbons (Fsp3) is 0. The lowest BCUT2D eigenvalue weighted by atomic mass is 10.2. The van der Waals surface area contributed by atoms with Crippen molar-refractivity contribution in [2.45, 2.75) is 4.90 Å². The Kier molecular flexibility index (Phi) is 2.03. The first-order valence-electron chi connectivity index (χ1n) is 3.52. The molecule has 0 spiro atoms. The highest BCUT2D eigenvalue weighted by atomic mass is 127. The molecule has 0 atom stereocenters. The third kappa shape index (κ3) is 1.22. The van der Waals surface area contributed by atoms with Gasteiger partial charge in [0.25, 0.3) is 10.0 Å². The van der Waals surface area contributed by atoms with Crippen LogP contribution in [0.15, 0.2) is 21.4 Å². The molecule has 0 saturated carbocycles. The van der Waals surface area contributed by atoms with Gasteiger partial charge in [-0.2, -0.15) is 8.42 Å². The lowest BCUT2D eigenvalue weighted by Gasteiger charge is -2.01. The summed E-state index contributed by atoms with van der Waals surface area (Å²) in [5.74, 6) is -0.671. The molecule has 74 valence electrons. The van der Waals surface area contributed by atoms with Crippen molar-refractivity contribution >= 4 is 38.4 Å². The number of fused-ring (bicyclic) bond motifs is 1. The van der Waals surface area contributed by atoms with E-state index >= 15 is 0 Å². The standard InChI is InChI=1S/C7H4FIN2O2S/c8-4-2-1-3-6(5(4)9)14(12,13)11-7(3)10/h1-2H,(H2,10,11). The number of halogens is 2. The summed E-state index contributed by atoms with van der Waals surface area (Å²) in [6.07, 6.45) is 0. The molecule has 0 fully saturated rings. The van der Waals surface area contributed by atoms with Gasteiger partial charge in [-0.3, -0.25) is 0 Å². The van der Waals surface area contributed by atoms with Gasteiger partial charge in [0.1, 0.15) is 16.5 Å². The second-order valence-electron chi connectivity index (χ2n) is 2.69. The monoisotopic (exact) mass is 326 g/mol. The van der Waals surface area contributed by atoms with Crippen molar-refractivity contribution in [1.29, 1.82) is 0 Å². The first-order valence-corrected chi connectivity index (χ1v) is 6.04. The molecule has 0 unspecified atom stereocenters. The van der Waals surface area contributed by atoms with Crippen molar-refractivity contribution in [1.82, 2.24) is 0 Å². The number of benzene rings is 1. The lowest BCUT2D eigenvalue weighted by Crippen LogP contribution is -2.10. The van der Waals surface area contributed by atoms with Gasteiger partial charge >= 0.3 is 0 Å². The third-order valence-corrected chi connectivity index (χ3v) is 4.60. The van der Waals surface area contributed by atoms with Crippen LogP contribution in [0.3, 0.4) is 0 Å². The molecule has 1 heterocycles. The average Bonchev–Trinajstić information content (AvgIpc) is 2.29. The van der Waals surface area contributed by atoms with E-state index in [1.165, 1.54) is 12.1 Å². The number of hydrogen-bond acceptors (Lipinski definition) is 3. The first kappa shape index (κ1) is 9.84. The third-order valence-electron chi connectivity index (χ3n) is 1.80. The molecule has 4 nitrogen and oxygen atoms in total. The second kappa shape index (κ2) is 2.89. The van der Waals surface area contributed by atoms with Crippen LogP contribution < -0.4 is 5.73 Å². The van der Waals surface area contributed by atoms with Gasteiger partial charge in [0.05, 0.1) is 3.57 Å². The molecule has 0 bridgehead atoms. The summed E-state index contributed by atoms with van der Waals surface area (Å²) in [5.41, 5.74) is 5.66. The van der Waals surface area contributed by atoms with Crippen LogP contribution >= 0.6 is 22.6 Å². The van der Waals surface area contributed by atoms with E-state index < -0.39 is 15.8 Å². The fourth-order valence-corrected chi connectivity index (χ4v) is 3.74. The summed E-state index contributed by atoms with van der Waals surface area (Å²) in [5, 5.41) is 0. The average molecular weight is 326 g/mol. The quantitative estimate of drug-likeness (QED) is 0.718. The maximum Gasteiger partial charge on any atom is 0.286 e. The summed E-state index contributed by atoms with van der Waals surface area (Å²) < 4.78 is 39.2. The zero-order valence-electron chi connectivity index (χ0n) is 6.66. The Morgan fingerprint density at radius 3 is 2.71 bits per heavy atom. The Bertz CT molecular complexity index is 553. The molecule has 1 aromatic rings. The van der Waals surface area contributed by atoms with Crippen LogP contribution in [-0.2, 0) is 10.0 Å². The molecular weight excluding hydrogens is 322 g/mol. The molecule has 0 radical (unpaired) electrons. The van der Waals surface area contributed by atoms with Crippen LogP contribution in [0, 0.1) is 9.39 Å². The Morgan fingerprint density at radius 1 is 1.43 bits per heavy atom. The molecule has 14 heavy (non-hydrogen) atoms. The second-order valence-corrected chi connectivity index (χ2v) is 5.31. The highest BCUT2D eigenvalue weighted by Gasteiger charge is 2.31. The minimum atomic E-state index is -3.79. The largest absolute Gasteiger partial charge is 0.382 e. The summed E-state index contributed by atoms with van der Waals surface area (Å²) in [7, 11) is -3.79. The molecule has 0 aliphatic carbocycles. The number of amidine groups is 1. The Labute approximate surface area is 93.2 Å². The molecule has 0 saturated heterocycles. The van der Waals surface area contributed by atoms with Crippen LogP contribution in [-0.4, -0.2) is 14.3 Å². The topological polar surface area (TPSA) is 72.5 Å². The van der Waals surface area contributed by atoms with Crippen molar-refractivity contribution in [2.24, 2.45) is 10.1 Å². The maximum atomic E-state index is 13.1. The van der Waals surface area contributed by atoms with Crippen LogP contribution in [0.25, 0.3) is 0 Å². The predicted octanol–water partition coefficient (Wildman–Crippen LogP) is 0.838. The van der Waals surface area contributed by atoms with Crippen LogP contribution in [0.1, 0.15) is 5.56 Å². The van der Waals surface area contributed by atoms with Crippen LogP contribution in [0.4, 0.5) is 4.39 Å². The molecule has 7 heteroatoms. The van der Waals surface area contributed by atoms with E-state index in [0.717, 1.165) is 0 Å². The smallest absolute Gasteiger partial charge is 0.286 e.